The maximum atomic E-state index is 13.0. The summed E-state index contributed by atoms with van der Waals surface area (Å²) in [7, 11) is 0. The minimum atomic E-state index is 0.225. The number of amides is 1. The van der Waals surface area contributed by atoms with E-state index in [2.05, 4.69) is 28.9 Å². The zero-order valence-electron chi connectivity index (χ0n) is 17.0. The van der Waals surface area contributed by atoms with E-state index in [-0.39, 0.29) is 5.91 Å². The second kappa shape index (κ2) is 9.08. The summed E-state index contributed by atoms with van der Waals surface area (Å²) in [4.78, 5) is 19.5. The standard InChI is InChI=1S/C25H28N2O2/c1-19(21-15-16-21)27(18-20-9-4-2-5-10-20)25(28)14-8-13-24-26-17-23(29-24)22-11-6-3-7-12-22/h2-7,9-12,17,19,21H,8,13-16,18H2,1H3. The second-order valence-corrected chi connectivity index (χ2v) is 7.92. The van der Waals surface area contributed by atoms with Crippen LogP contribution in [0.2, 0.25) is 0 Å². The van der Waals surface area contributed by atoms with Gasteiger partial charge in [0.25, 0.3) is 0 Å². The van der Waals surface area contributed by atoms with E-state index in [1.54, 1.807) is 6.20 Å². The van der Waals surface area contributed by atoms with Crippen LogP contribution < -0.4 is 0 Å². The van der Waals surface area contributed by atoms with Gasteiger partial charge in [0, 0.05) is 31.0 Å². The Bertz CT molecular complexity index is 916. The fraction of sp³-hybridized carbons (Fsp3) is 0.360. The number of carbonyl (C=O) groups excluding carboxylic acids is 1. The Hall–Kier alpha value is -2.88. The van der Waals surface area contributed by atoms with E-state index in [0.717, 1.165) is 17.7 Å². The van der Waals surface area contributed by atoms with Crippen molar-refractivity contribution in [1.82, 2.24) is 9.88 Å². The van der Waals surface area contributed by atoms with Crippen molar-refractivity contribution in [2.75, 3.05) is 0 Å². The molecule has 1 atom stereocenters. The third kappa shape index (κ3) is 5.14. The molecule has 0 spiro atoms. The largest absolute Gasteiger partial charge is 0.441 e. The van der Waals surface area contributed by atoms with E-state index >= 15 is 0 Å². The average Bonchev–Trinajstić information content (AvgIpc) is 3.51. The van der Waals surface area contributed by atoms with Gasteiger partial charge < -0.3 is 9.32 Å². The number of aromatic nitrogens is 1. The molecule has 1 heterocycles. The number of benzene rings is 2. The molecule has 0 N–H and O–H groups in total. The van der Waals surface area contributed by atoms with Crippen molar-refractivity contribution in [2.24, 2.45) is 5.92 Å². The van der Waals surface area contributed by atoms with Gasteiger partial charge in [-0.1, -0.05) is 60.7 Å². The zero-order valence-corrected chi connectivity index (χ0v) is 17.0. The molecule has 150 valence electrons. The first-order valence-electron chi connectivity index (χ1n) is 10.5. The van der Waals surface area contributed by atoms with Gasteiger partial charge in [0.2, 0.25) is 5.91 Å². The number of carbonyl (C=O) groups is 1. The Morgan fingerprint density at radius 3 is 2.48 bits per heavy atom. The Kier molecular flexibility index (Phi) is 6.09. The van der Waals surface area contributed by atoms with Crippen LogP contribution >= 0.6 is 0 Å². The topological polar surface area (TPSA) is 46.3 Å². The van der Waals surface area contributed by atoms with E-state index in [1.165, 1.54) is 18.4 Å². The van der Waals surface area contributed by atoms with Crippen LogP contribution in [0, 0.1) is 5.92 Å². The molecule has 0 radical (unpaired) electrons. The van der Waals surface area contributed by atoms with Crippen molar-refractivity contribution in [3.8, 4) is 11.3 Å². The molecule has 1 aliphatic rings. The molecule has 1 saturated carbocycles. The summed E-state index contributed by atoms with van der Waals surface area (Å²) in [5.74, 6) is 2.35. The molecule has 2 aromatic carbocycles. The van der Waals surface area contributed by atoms with Crippen LogP contribution in [0.4, 0.5) is 0 Å². The molecule has 0 saturated heterocycles. The van der Waals surface area contributed by atoms with Gasteiger partial charge in [-0.3, -0.25) is 4.79 Å². The van der Waals surface area contributed by atoms with Crippen LogP contribution in [-0.2, 0) is 17.8 Å². The fourth-order valence-electron chi connectivity index (χ4n) is 3.77. The molecule has 4 rings (SSSR count). The lowest BCUT2D eigenvalue weighted by Crippen LogP contribution is -2.39. The third-order valence-electron chi connectivity index (χ3n) is 5.71. The summed E-state index contributed by atoms with van der Waals surface area (Å²) in [5.41, 5.74) is 2.21. The Labute approximate surface area is 172 Å². The van der Waals surface area contributed by atoms with Crippen LogP contribution in [0.15, 0.2) is 71.3 Å². The lowest BCUT2D eigenvalue weighted by Gasteiger charge is -2.30. The summed E-state index contributed by atoms with van der Waals surface area (Å²) in [6, 6.07) is 20.5. The number of nitrogens with zero attached hydrogens (tertiary/aromatic N) is 2. The summed E-state index contributed by atoms with van der Waals surface area (Å²) < 4.78 is 5.87. The molecule has 4 nitrogen and oxygen atoms in total. The van der Waals surface area contributed by atoms with Crippen LogP contribution in [0.1, 0.15) is 44.1 Å². The Balaban J connectivity index is 1.34. The van der Waals surface area contributed by atoms with E-state index in [4.69, 9.17) is 4.42 Å². The van der Waals surface area contributed by atoms with Crippen LogP contribution in [0.3, 0.4) is 0 Å². The Morgan fingerprint density at radius 1 is 1.10 bits per heavy atom. The van der Waals surface area contributed by atoms with Crippen molar-refractivity contribution in [1.29, 1.82) is 0 Å². The number of hydrogen-bond donors (Lipinski definition) is 0. The van der Waals surface area contributed by atoms with Crippen LogP contribution in [0.5, 0.6) is 0 Å². The molecular weight excluding hydrogens is 360 g/mol. The Morgan fingerprint density at radius 2 is 1.79 bits per heavy atom. The van der Waals surface area contributed by atoms with Gasteiger partial charge >= 0.3 is 0 Å². The van der Waals surface area contributed by atoms with Gasteiger partial charge in [0.1, 0.15) is 0 Å². The van der Waals surface area contributed by atoms with E-state index < -0.39 is 0 Å². The van der Waals surface area contributed by atoms with Crippen molar-refractivity contribution >= 4 is 5.91 Å². The van der Waals surface area contributed by atoms with Gasteiger partial charge in [-0.05, 0) is 37.7 Å². The van der Waals surface area contributed by atoms with Gasteiger partial charge in [0.15, 0.2) is 11.7 Å². The van der Waals surface area contributed by atoms with Crippen molar-refractivity contribution < 1.29 is 9.21 Å². The summed E-state index contributed by atoms with van der Waals surface area (Å²) in [6.45, 7) is 2.88. The fourth-order valence-corrected chi connectivity index (χ4v) is 3.77. The van der Waals surface area contributed by atoms with E-state index in [0.29, 0.717) is 37.2 Å². The first-order valence-corrected chi connectivity index (χ1v) is 10.5. The minimum Gasteiger partial charge on any atom is -0.441 e. The molecule has 1 aliphatic carbocycles. The molecular formula is C25H28N2O2. The maximum absolute atomic E-state index is 13.0. The highest BCUT2D eigenvalue weighted by Crippen LogP contribution is 2.36. The second-order valence-electron chi connectivity index (χ2n) is 7.92. The normalized spacial score (nSPS) is 14.5. The van der Waals surface area contributed by atoms with E-state index in [1.807, 2.05) is 48.5 Å². The summed E-state index contributed by atoms with van der Waals surface area (Å²) in [5, 5.41) is 0. The predicted molar refractivity (Wildman–Crippen MR) is 114 cm³/mol. The molecule has 0 aliphatic heterocycles. The van der Waals surface area contributed by atoms with Crippen LogP contribution in [-0.4, -0.2) is 21.8 Å². The number of aryl methyl sites for hydroxylation is 1. The summed E-state index contributed by atoms with van der Waals surface area (Å²) in [6.07, 6.45) is 6.18. The monoisotopic (exact) mass is 388 g/mol. The highest BCUT2D eigenvalue weighted by molar-refractivity contribution is 5.76. The van der Waals surface area contributed by atoms with Gasteiger partial charge in [0.05, 0.1) is 6.20 Å². The van der Waals surface area contributed by atoms with Gasteiger partial charge in [-0.2, -0.15) is 0 Å². The van der Waals surface area contributed by atoms with Crippen LogP contribution in [0.25, 0.3) is 11.3 Å². The van der Waals surface area contributed by atoms with Crippen molar-refractivity contribution in [3.05, 3.63) is 78.3 Å². The third-order valence-corrected chi connectivity index (χ3v) is 5.71. The highest BCUT2D eigenvalue weighted by atomic mass is 16.4. The molecule has 0 bridgehead atoms. The quantitative estimate of drug-likeness (QED) is 0.487. The van der Waals surface area contributed by atoms with Gasteiger partial charge in [-0.25, -0.2) is 4.98 Å². The first kappa shape index (κ1) is 19.4. The molecule has 1 fully saturated rings. The molecule has 1 unspecified atom stereocenters. The van der Waals surface area contributed by atoms with Gasteiger partial charge in [-0.15, -0.1) is 0 Å². The van der Waals surface area contributed by atoms with E-state index in [9.17, 15) is 4.79 Å². The molecule has 29 heavy (non-hydrogen) atoms. The predicted octanol–water partition coefficient (Wildman–Crippen LogP) is 5.49. The molecule has 1 amide bonds. The number of rotatable bonds is 9. The lowest BCUT2D eigenvalue weighted by atomic mass is 10.1. The van der Waals surface area contributed by atoms with Crippen molar-refractivity contribution in [2.45, 2.75) is 51.6 Å². The maximum Gasteiger partial charge on any atom is 0.223 e. The minimum absolute atomic E-state index is 0.225. The molecule has 4 heteroatoms. The molecule has 1 aromatic heterocycles. The highest BCUT2D eigenvalue weighted by Gasteiger charge is 2.34. The zero-order chi connectivity index (χ0) is 20.1. The smallest absolute Gasteiger partial charge is 0.223 e. The number of oxazole rings is 1. The SMILES string of the molecule is CC(C1CC1)N(Cc1ccccc1)C(=O)CCCc1ncc(-c2ccccc2)o1. The first-order chi connectivity index (χ1) is 14.2. The number of hydrogen-bond acceptors (Lipinski definition) is 3. The lowest BCUT2D eigenvalue weighted by molar-refractivity contribution is -0.134. The summed E-state index contributed by atoms with van der Waals surface area (Å²) >= 11 is 0. The molecule has 3 aromatic rings. The van der Waals surface area contributed by atoms with Crippen molar-refractivity contribution in [3.63, 3.8) is 0 Å². The average molecular weight is 389 g/mol.